The summed E-state index contributed by atoms with van der Waals surface area (Å²) in [6, 6.07) is 12.6. The molecule has 4 nitrogen and oxygen atoms in total. The molecule has 2 rings (SSSR count). The van der Waals surface area contributed by atoms with Crippen LogP contribution >= 0.6 is 0 Å². The highest BCUT2D eigenvalue weighted by molar-refractivity contribution is 7.87. The van der Waals surface area contributed by atoms with Crippen LogP contribution in [0.15, 0.2) is 53.4 Å². The number of Topliss-reactive ketones (excluding diaryl/α,β-unsaturated/α-hetero) is 1. The van der Waals surface area contributed by atoms with Gasteiger partial charge < -0.3 is 4.18 Å². The average Bonchev–Trinajstić information content (AvgIpc) is 2.47. The minimum absolute atomic E-state index is 0.0846. The standard InChI is InChI=1S/C17H18O4S/c1-12(2)14-6-10-17(11-7-14)22(19,20)21-16-8-4-15(5-9-16)13(3)18/h4-12H,1-3H3. The number of hydrogen-bond donors (Lipinski definition) is 0. The van der Waals surface area contributed by atoms with Gasteiger partial charge in [-0.2, -0.15) is 8.42 Å². The Bertz CT molecular complexity index is 757. The van der Waals surface area contributed by atoms with Gasteiger partial charge >= 0.3 is 10.1 Å². The lowest BCUT2D eigenvalue weighted by atomic mass is 10.0. The van der Waals surface area contributed by atoms with E-state index >= 15 is 0 Å². The predicted molar refractivity (Wildman–Crippen MR) is 84.8 cm³/mol. The fourth-order valence-corrected chi connectivity index (χ4v) is 2.87. The molecular weight excluding hydrogens is 300 g/mol. The zero-order chi connectivity index (χ0) is 16.3. The van der Waals surface area contributed by atoms with Gasteiger partial charge in [0.15, 0.2) is 5.78 Å². The van der Waals surface area contributed by atoms with Crippen molar-refractivity contribution < 1.29 is 17.4 Å². The third kappa shape index (κ3) is 3.74. The summed E-state index contributed by atoms with van der Waals surface area (Å²) < 4.78 is 29.5. The molecule has 0 atom stereocenters. The Morgan fingerprint density at radius 2 is 1.50 bits per heavy atom. The van der Waals surface area contributed by atoms with Crippen molar-refractivity contribution in [2.75, 3.05) is 0 Å². The van der Waals surface area contributed by atoms with Crippen LogP contribution in [0.3, 0.4) is 0 Å². The molecule has 0 heterocycles. The van der Waals surface area contributed by atoms with Crippen molar-refractivity contribution in [1.29, 1.82) is 0 Å². The largest absolute Gasteiger partial charge is 0.379 e. The van der Waals surface area contributed by atoms with Gasteiger partial charge in [0.25, 0.3) is 0 Å². The molecule has 0 spiro atoms. The summed E-state index contributed by atoms with van der Waals surface area (Å²) in [5, 5.41) is 0. The molecule has 0 aromatic heterocycles. The maximum atomic E-state index is 12.2. The second kappa shape index (κ2) is 6.32. The van der Waals surface area contributed by atoms with Crippen molar-refractivity contribution in [2.24, 2.45) is 0 Å². The van der Waals surface area contributed by atoms with Crippen molar-refractivity contribution in [3.05, 3.63) is 59.7 Å². The van der Waals surface area contributed by atoms with Crippen LogP contribution in [0, 0.1) is 0 Å². The van der Waals surface area contributed by atoms with Crippen LogP contribution < -0.4 is 4.18 Å². The van der Waals surface area contributed by atoms with Crippen LogP contribution in [-0.2, 0) is 10.1 Å². The summed E-state index contributed by atoms with van der Waals surface area (Å²) in [5.74, 6) is 0.424. The van der Waals surface area contributed by atoms with E-state index in [0.717, 1.165) is 5.56 Å². The first-order chi connectivity index (χ1) is 10.3. The molecule has 116 valence electrons. The van der Waals surface area contributed by atoms with Crippen molar-refractivity contribution in [3.8, 4) is 5.75 Å². The van der Waals surface area contributed by atoms with Crippen molar-refractivity contribution in [1.82, 2.24) is 0 Å². The molecule has 0 unspecified atom stereocenters. The molecule has 22 heavy (non-hydrogen) atoms. The number of carbonyl (C=O) groups excluding carboxylic acids is 1. The van der Waals surface area contributed by atoms with Gasteiger partial charge in [-0.3, -0.25) is 4.79 Å². The first-order valence-electron chi connectivity index (χ1n) is 6.95. The third-order valence-corrected chi connectivity index (χ3v) is 4.56. The van der Waals surface area contributed by atoms with Gasteiger partial charge in [0.2, 0.25) is 0 Å². The van der Waals surface area contributed by atoms with E-state index in [1.807, 2.05) is 13.8 Å². The molecule has 2 aromatic carbocycles. The zero-order valence-electron chi connectivity index (χ0n) is 12.7. The second-order valence-corrected chi connectivity index (χ2v) is 6.89. The molecule has 0 aliphatic rings. The van der Waals surface area contributed by atoms with Crippen molar-refractivity contribution in [2.45, 2.75) is 31.6 Å². The highest BCUT2D eigenvalue weighted by atomic mass is 32.2. The number of hydrogen-bond acceptors (Lipinski definition) is 4. The Morgan fingerprint density at radius 3 is 1.95 bits per heavy atom. The minimum atomic E-state index is -3.87. The molecule has 0 saturated heterocycles. The predicted octanol–water partition coefficient (Wildman–Crippen LogP) is 3.78. The zero-order valence-corrected chi connectivity index (χ0v) is 13.6. The van der Waals surface area contributed by atoms with Crippen LogP contribution in [0.25, 0.3) is 0 Å². The van der Waals surface area contributed by atoms with Crippen LogP contribution in [0.1, 0.15) is 42.6 Å². The Morgan fingerprint density at radius 1 is 0.955 bits per heavy atom. The molecule has 0 fully saturated rings. The van der Waals surface area contributed by atoms with Crippen LogP contribution in [0.4, 0.5) is 0 Å². The lowest BCUT2D eigenvalue weighted by molar-refractivity contribution is 0.101. The Balaban J connectivity index is 2.21. The minimum Gasteiger partial charge on any atom is -0.379 e. The van der Waals surface area contributed by atoms with Gasteiger partial charge in [-0.05, 0) is 54.8 Å². The summed E-state index contributed by atoms with van der Waals surface area (Å²) in [5.41, 5.74) is 1.57. The van der Waals surface area contributed by atoms with E-state index in [1.54, 1.807) is 12.1 Å². The van der Waals surface area contributed by atoms with Gasteiger partial charge in [0.1, 0.15) is 10.6 Å². The number of rotatable bonds is 5. The SMILES string of the molecule is CC(=O)c1ccc(OS(=O)(=O)c2ccc(C(C)C)cc2)cc1. The van der Waals surface area contributed by atoms with Gasteiger partial charge in [-0.15, -0.1) is 0 Å². The number of benzene rings is 2. The normalized spacial score (nSPS) is 11.5. The molecule has 5 heteroatoms. The Kier molecular flexibility index (Phi) is 4.66. The second-order valence-electron chi connectivity index (χ2n) is 5.34. The molecule has 0 saturated carbocycles. The van der Waals surface area contributed by atoms with E-state index in [0.29, 0.717) is 11.5 Å². The maximum absolute atomic E-state index is 12.2. The van der Waals surface area contributed by atoms with Gasteiger partial charge in [0, 0.05) is 5.56 Å². The number of carbonyl (C=O) groups is 1. The highest BCUT2D eigenvalue weighted by Crippen LogP contribution is 2.21. The molecule has 0 aliphatic heterocycles. The fraction of sp³-hybridized carbons (Fsp3) is 0.235. The smallest absolute Gasteiger partial charge is 0.339 e. The summed E-state index contributed by atoms with van der Waals surface area (Å²) in [6.45, 7) is 5.52. The molecule has 0 bridgehead atoms. The summed E-state index contributed by atoms with van der Waals surface area (Å²) >= 11 is 0. The van der Waals surface area contributed by atoms with E-state index in [-0.39, 0.29) is 16.4 Å². The summed E-state index contributed by atoms with van der Waals surface area (Å²) in [7, 11) is -3.87. The molecule has 0 radical (unpaired) electrons. The lowest BCUT2D eigenvalue weighted by Gasteiger charge is -2.09. The number of ketones is 1. The molecule has 0 aliphatic carbocycles. The topological polar surface area (TPSA) is 60.4 Å². The highest BCUT2D eigenvalue weighted by Gasteiger charge is 2.17. The van der Waals surface area contributed by atoms with E-state index in [2.05, 4.69) is 0 Å². The van der Waals surface area contributed by atoms with E-state index in [1.165, 1.54) is 43.3 Å². The average molecular weight is 318 g/mol. The third-order valence-electron chi connectivity index (χ3n) is 3.30. The van der Waals surface area contributed by atoms with Crippen LogP contribution in [0.2, 0.25) is 0 Å². The van der Waals surface area contributed by atoms with E-state index in [4.69, 9.17) is 4.18 Å². The van der Waals surface area contributed by atoms with Gasteiger partial charge in [-0.1, -0.05) is 26.0 Å². The van der Waals surface area contributed by atoms with E-state index < -0.39 is 10.1 Å². The van der Waals surface area contributed by atoms with Crippen molar-refractivity contribution >= 4 is 15.9 Å². The van der Waals surface area contributed by atoms with E-state index in [9.17, 15) is 13.2 Å². The molecule has 2 aromatic rings. The van der Waals surface area contributed by atoms with Gasteiger partial charge in [0.05, 0.1) is 0 Å². The van der Waals surface area contributed by atoms with Crippen LogP contribution in [-0.4, -0.2) is 14.2 Å². The fourth-order valence-electron chi connectivity index (χ4n) is 1.94. The summed E-state index contributed by atoms with van der Waals surface area (Å²) in [4.78, 5) is 11.3. The Labute approximate surface area is 130 Å². The molecular formula is C17H18O4S. The Hall–Kier alpha value is -2.14. The van der Waals surface area contributed by atoms with Gasteiger partial charge in [-0.25, -0.2) is 0 Å². The lowest BCUT2D eigenvalue weighted by Crippen LogP contribution is -2.10. The van der Waals surface area contributed by atoms with Crippen LogP contribution in [0.5, 0.6) is 5.75 Å². The molecule has 0 N–H and O–H groups in total. The molecule has 0 amide bonds. The van der Waals surface area contributed by atoms with Crippen molar-refractivity contribution in [3.63, 3.8) is 0 Å². The first-order valence-corrected chi connectivity index (χ1v) is 8.36. The monoisotopic (exact) mass is 318 g/mol. The quantitative estimate of drug-likeness (QED) is 0.622. The maximum Gasteiger partial charge on any atom is 0.339 e. The summed E-state index contributed by atoms with van der Waals surface area (Å²) in [6.07, 6.45) is 0. The first kappa shape index (κ1) is 16.2.